The molecule has 38 heavy (non-hydrogen) atoms. The Bertz CT molecular complexity index is 1190. The Morgan fingerprint density at radius 2 is 1.53 bits per heavy atom. The average Bonchev–Trinajstić information content (AvgIpc) is 3.37. The summed E-state index contributed by atoms with van der Waals surface area (Å²) in [6.07, 6.45) is 1.24. The predicted molar refractivity (Wildman–Crippen MR) is 149 cm³/mol. The molecule has 0 atom stereocenters. The average molecular weight is 517 g/mol. The Labute approximate surface area is 226 Å². The summed E-state index contributed by atoms with van der Waals surface area (Å²) < 4.78 is 11.2. The number of likely N-dealkylation sites (tertiary alicyclic amines) is 1. The van der Waals surface area contributed by atoms with Crippen LogP contribution in [0.4, 0.5) is 0 Å². The van der Waals surface area contributed by atoms with E-state index in [0.717, 1.165) is 18.8 Å². The minimum absolute atomic E-state index is 0.118. The van der Waals surface area contributed by atoms with Crippen LogP contribution >= 0.6 is 0 Å². The number of hydrogen-bond acceptors (Lipinski definition) is 5. The Morgan fingerprint density at radius 3 is 2.13 bits per heavy atom. The minimum atomic E-state index is -0.161. The predicted octanol–water partition coefficient (Wildman–Crippen LogP) is 6.19. The van der Waals surface area contributed by atoms with Crippen LogP contribution in [-0.4, -0.2) is 41.4 Å². The molecular weight excluding hydrogens is 476 g/mol. The van der Waals surface area contributed by atoms with E-state index in [-0.39, 0.29) is 23.2 Å². The van der Waals surface area contributed by atoms with Gasteiger partial charge in [0.05, 0.1) is 19.1 Å². The minimum Gasteiger partial charge on any atom is -0.466 e. The fourth-order valence-corrected chi connectivity index (χ4v) is 4.91. The van der Waals surface area contributed by atoms with Gasteiger partial charge in [-0.3, -0.25) is 14.5 Å². The van der Waals surface area contributed by atoms with Gasteiger partial charge in [-0.25, -0.2) is 0 Å². The number of carbonyl (C=O) groups is 2. The number of furan rings is 1. The quantitative estimate of drug-likeness (QED) is 0.317. The van der Waals surface area contributed by atoms with Crippen LogP contribution in [0.5, 0.6) is 0 Å². The molecule has 6 nitrogen and oxygen atoms in total. The van der Waals surface area contributed by atoms with Gasteiger partial charge in [0.25, 0.3) is 5.91 Å². The molecule has 3 aromatic rings. The third-order valence-electron chi connectivity index (χ3n) is 7.13. The zero-order valence-electron chi connectivity index (χ0n) is 23.1. The van der Waals surface area contributed by atoms with Crippen LogP contribution in [-0.2, 0) is 34.6 Å². The van der Waals surface area contributed by atoms with Gasteiger partial charge in [0.2, 0.25) is 0 Å². The number of esters is 1. The van der Waals surface area contributed by atoms with E-state index < -0.39 is 0 Å². The summed E-state index contributed by atoms with van der Waals surface area (Å²) in [7, 11) is 0. The van der Waals surface area contributed by atoms with E-state index >= 15 is 0 Å². The van der Waals surface area contributed by atoms with E-state index in [1.807, 2.05) is 19.1 Å². The van der Waals surface area contributed by atoms with E-state index in [1.54, 1.807) is 11.0 Å². The van der Waals surface area contributed by atoms with Crippen molar-refractivity contribution in [2.75, 3.05) is 19.7 Å². The number of hydrogen-bond donors (Lipinski definition) is 0. The van der Waals surface area contributed by atoms with Crippen molar-refractivity contribution in [2.45, 2.75) is 65.6 Å². The molecule has 0 radical (unpaired) electrons. The van der Waals surface area contributed by atoms with Gasteiger partial charge in [0.15, 0.2) is 5.76 Å². The highest BCUT2D eigenvalue weighted by Gasteiger charge is 2.30. The first-order chi connectivity index (χ1) is 18.2. The van der Waals surface area contributed by atoms with E-state index in [2.05, 4.69) is 74.2 Å². The van der Waals surface area contributed by atoms with Crippen LogP contribution in [0.3, 0.4) is 0 Å². The molecule has 1 aromatic heterocycles. The third-order valence-corrected chi connectivity index (χ3v) is 7.13. The van der Waals surface area contributed by atoms with Crippen LogP contribution in [0.1, 0.15) is 73.5 Å². The second kappa shape index (κ2) is 12.4. The molecule has 2 heterocycles. The number of ether oxygens (including phenoxy) is 1. The highest BCUT2D eigenvalue weighted by Crippen LogP contribution is 2.24. The van der Waals surface area contributed by atoms with Crippen molar-refractivity contribution in [3.8, 4) is 0 Å². The van der Waals surface area contributed by atoms with Crippen LogP contribution in [0.2, 0.25) is 0 Å². The first kappa shape index (κ1) is 27.6. The molecule has 4 rings (SSSR count). The van der Waals surface area contributed by atoms with Gasteiger partial charge in [-0.2, -0.15) is 0 Å². The summed E-state index contributed by atoms with van der Waals surface area (Å²) in [6.45, 7) is 12.1. The highest BCUT2D eigenvalue weighted by atomic mass is 16.5. The maximum absolute atomic E-state index is 13.1. The van der Waals surface area contributed by atoms with Crippen molar-refractivity contribution in [3.63, 3.8) is 0 Å². The van der Waals surface area contributed by atoms with Crippen molar-refractivity contribution in [2.24, 2.45) is 5.92 Å². The summed E-state index contributed by atoms with van der Waals surface area (Å²) in [5.41, 5.74) is 3.90. The van der Waals surface area contributed by atoms with Crippen molar-refractivity contribution < 1.29 is 18.7 Å². The number of amides is 1. The number of carbonyl (C=O) groups excluding carboxylic acids is 2. The number of piperidine rings is 1. The Morgan fingerprint density at radius 1 is 0.895 bits per heavy atom. The van der Waals surface area contributed by atoms with Crippen LogP contribution in [0.25, 0.3) is 0 Å². The molecule has 0 unspecified atom stereocenters. The summed E-state index contributed by atoms with van der Waals surface area (Å²) in [6, 6.07) is 22.9. The lowest BCUT2D eigenvalue weighted by atomic mass is 9.87. The first-order valence-corrected chi connectivity index (χ1v) is 13.6. The van der Waals surface area contributed by atoms with Crippen LogP contribution in [0, 0.1) is 5.92 Å². The van der Waals surface area contributed by atoms with Gasteiger partial charge in [-0.15, -0.1) is 0 Å². The first-order valence-electron chi connectivity index (χ1n) is 13.6. The molecule has 0 aliphatic carbocycles. The SMILES string of the molecule is CCOC(=O)C1CCN(C(=O)c2ccc(CN(Cc3ccccc3)Cc3ccc(C(C)(C)C)cc3)o2)CC1. The van der Waals surface area contributed by atoms with E-state index in [0.29, 0.717) is 44.8 Å². The van der Waals surface area contributed by atoms with Gasteiger partial charge in [-0.1, -0.05) is 75.4 Å². The molecule has 0 saturated carbocycles. The fraction of sp³-hybridized carbons (Fsp3) is 0.438. The van der Waals surface area contributed by atoms with Gasteiger partial charge in [0, 0.05) is 26.2 Å². The molecule has 202 valence electrons. The Hall–Kier alpha value is -3.38. The molecule has 1 amide bonds. The zero-order valence-corrected chi connectivity index (χ0v) is 23.1. The summed E-state index contributed by atoms with van der Waals surface area (Å²) in [5.74, 6) is 0.702. The molecule has 2 aromatic carbocycles. The lowest BCUT2D eigenvalue weighted by molar-refractivity contribution is -0.149. The molecular formula is C32H40N2O4. The summed E-state index contributed by atoms with van der Waals surface area (Å²) in [5, 5.41) is 0. The fourth-order valence-electron chi connectivity index (χ4n) is 4.91. The summed E-state index contributed by atoms with van der Waals surface area (Å²) >= 11 is 0. The number of benzene rings is 2. The molecule has 0 N–H and O–H groups in total. The molecule has 1 saturated heterocycles. The van der Waals surface area contributed by atoms with Crippen molar-refractivity contribution in [3.05, 3.63) is 94.9 Å². The molecule has 1 aliphatic rings. The smallest absolute Gasteiger partial charge is 0.309 e. The summed E-state index contributed by atoms with van der Waals surface area (Å²) in [4.78, 5) is 29.2. The molecule has 0 bridgehead atoms. The topological polar surface area (TPSA) is 63.0 Å². The van der Waals surface area contributed by atoms with Crippen LogP contribution in [0.15, 0.2) is 71.1 Å². The molecule has 1 aliphatic heterocycles. The number of nitrogens with zero attached hydrogens (tertiary/aromatic N) is 2. The van der Waals surface area contributed by atoms with E-state index in [1.165, 1.54) is 16.7 Å². The van der Waals surface area contributed by atoms with E-state index in [4.69, 9.17) is 9.15 Å². The van der Waals surface area contributed by atoms with Gasteiger partial charge in [-0.05, 0) is 54.0 Å². The van der Waals surface area contributed by atoms with Crippen molar-refractivity contribution in [1.82, 2.24) is 9.80 Å². The second-order valence-electron chi connectivity index (χ2n) is 11.2. The third kappa shape index (κ3) is 7.35. The van der Waals surface area contributed by atoms with Gasteiger partial charge in [0.1, 0.15) is 5.76 Å². The highest BCUT2D eigenvalue weighted by molar-refractivity contribution is 5.91. The van der Waals surface area contributed by atoms with Crippen LogP contribution < -0.4 is 0 Å². The van der Waals surface area contributed by atoms with Gasteiger partial charge >= 0.3 is 5.97 Å². The second-order valence-corrected chi connectivity index (χ2v) is 11.2. The monoisotopic (exact) mass is 516 g/mol. The lowest BCUT2D eigenvalue weighted by Crippen LogP contribution is -2.40. The maximum atomic E-state index is 13.1. The van der Waals surface area contributed by atoms with Crippen molar-refractivity contribution in [1.29, 1.82) is 0 Å². The Kier molecular flexibility index (Phi) is 9.05. The van der Waals surface area contributed by atoms with Crippen molar-refractivity contribution >= 4 is 11.9 Å². The lowest BCUT2D eigenvalue weighted by Gasteiger charge is -2.30. The normalized spacial score (nSPS) is 14.6. The van der Waals surface area contributed by atoms with Gasteiger partial charge < -0.3 is 14.1 Å². The van der Waals surface area contributed by atoms with E-state index in [9.17, 15) is 9.59 Å². The number of rotatable bonds is 9. The molecule has 6 heteroatoms. The molecule has 1 fully saturated rings. The standard InChI is InChI=1S/C32H40N2O4/c1-5-37-31(36)26-17-19-34(20-18-26)30(35)29-16-15-28(38-29)23-33(21-24-9-7-6-8-10-24)22-25-11-13-27(14-12-25)32(2,3)4/h6-16,26H,5,17-23H2,1-4H3. The maximum Gasteiger partial charge on any atom is 0.309 e. The molecule has 0 spiro atoms. The largest absolute Gasteiger partial charge is 0.466 e. The Balaban J connectivity index is 1.42. The zero-order chi connectivity index (χ0) is 27.1.